The Hall–Kier alpha value is -0.273. The van der Waals surface area contributed by atoms with Crippen molar-refractivity contribution in [1.29, 1.82) is 0 Å². The standard InChI is InChI=1S/C9H23NO3Si.C3H6O/c1-4-11-14(12-5-2,13-6-3)9-7-8-10;1-3(2)4/h4-10H2,1-3H3;1-2H3. The van der Waals surface area contributed by atoms with Crippen LogP contribution in [0.3, 0.4) is 0 Å². The van der Waals surface area contributed by atoms with Crippen molar-refractivity contribution in [1.82, 2.24) is 0 Å². The van der Waals surface area contributed by atoms with E-state index >= 15 is 0 Å². The number of nitrogens with two attached hydrogens (primary N) is 1. The molecule has 0 saturated carbocycles. The molecule has 0 aromatic rings. The first-order valence-corrected chi connectivity index (χ1v) is 8.50. The van der Waals surface area contributed by atoms with Crippen LogP contribution in [0.15, 0.2) is 0 Å². The molecule has 18 heavy (non-hydrogen) atoms. The van der Waals surface area contributed by atoms with Crippen molar-refractivity contribution in [3.63, 3.8) is 0 Å². The van der Waals surface area contributed by atoms with Crippen LogP contribution in [0, 0.1) is 0 Å². The average Bonchev–Trinajstić information content (AvgIpc) is 2.27. The highest BCUT2D eigenvalue weighted by Crippen LogP contribution is 2.17. The minimum atomic E-state index is -2.40. The summed E-state index contributed by atoms with van der Waals surface area (Å²) in [6.45, 7) is 11.5. The molecule has 6 heteroatoms. The lowest BCUT2D eigenvalue weighted by atomic mass is 10.5. The Morgan fingerprint density at radius 1 is 1.00 bits per heavy atom. The van der Waals surface area contributed by atoms with E-state index in [4.69, 9.17) is 19.0 Å². The van der Waals surface area contributed by atoms with Gasteiger partial charge in [0.2, 0.25) is 0 Å². The molecule has 0 aromatic carbocycles. The molecule has 0 fully saturated rings. The minimum absolute atomic E-state index is 0.167. The van der Waals surface area contributed by atoms with Crippen LogP contribution in [0.25, 0.3) is 0 Å². The maximum Gasteiger partial charge on any atom is 0.500 e. The third-order valence-electron chi connectivity index (χ3n) is 1.78. The lowest BCUT2D eigenvalue weighted by Gasteiger charge is -2.28. The normalized spacial score (nSPS) is 10.8. The molecular formula is C12H29NO4Si. The van der Waals surface area contributed by atoms with Crippen molar-refractivity contribution in [2.24, 2.45) is 5.73 Å². The molecule has 0 radical (unpaired) electrons. The first-order chi connectivity index (χ1) is 8.47. The molecule has 0 bridgehead atoms. The summed E-state index contributed by atoms with van der Waals surface area (Å²) in [6.07, 6.45) is 0.895. The predicted molar refractivity (Wildman–Crippen MR) is 75.5 cm³/mol. The quantitative estimate of drug-likeness (QED) is 0.653. The smallest absolute Gasteiger partial charge is 0.374 e. The van der Waals surface area contributed by atoms with Crippen LogP contribution >= 0.6 is 0 Å². The molecular weight excluding hydrogens is 250 g/mol. The van der Waals surface area contributed by atoms with E-state index < -0.39 is 8.80 Å². The molecule has 110 valence electrons. The number of carbonyl (C=O) groups excluding carboxylic acids is 1. The Kier molecular flexibility index (Phi) is 14.7. The fraction of sp³-hybridized carbons (Fsp3) is 0.917. The Balaban J connectivity index is 0. The molecule has 0 saturated heterocycles. The number of ketones is 1. The molecule has 0 aromatic heterocycles. The van der Waals surface area contributed by atoms with E-state index in [0.29, 0.717) is 26.4 Å². The third-order valence-corrected chi connectivity index (χ3v) is 4.93. The van der Waals surface area contributed by atoms with E-state index in [1.165, 1.54) is 13.8 Å². The maximum atomic E-state index is 9.44. The zero-order chi connectivity index (χ0) is 14.4. The maximum absolute atomic E-state index is 9.44. The van der Waals surface area contributed by atoms with Gasteiger partial charge < -0.3 is 23.8 Å². The number of carbonyl (C=O) groups is 1. The first-order valence-electron chi connectivity index (χ1n) is 6.57. The predicted octanol–water partition coefficient (Wildman–Crippen LogP) is 1.98. The number of Topliss-reactive ketones (excluding diaryl/α,β-unsaturated/α-hetero) is 1. The summed E-state index contributed by atoms with van der Waals surface area (Å²) in [5.74, 6) is 0.167. The van der Waals surface area contributed by atoms with Crippen LogP contribution in [-0.2, 0) is 18.1 Å². The van der Waals surface area contributed by atoms with Gasteiger partial charge in [-0.25, -0.2) is 0 Å². The van der Waals surface area contributed by atoms with Crippen molar-refractivity contribution in [3.05, 3.63) is 0 Å². The first kappa shape index (κ1) is 20.1. The largest absolute Gasteiger partial charge is 0.500 e. The van der Waals surface area contributed by atoms with Crippen molar-refractivity contribution < 1.29 is 18.1 Å². The van der Waals surface area contributed by atoms with E-state index in [2.05, 4.69) is 0 Å². The Labute approximate surface area is 112 Å². The molecule has 2 N–H and O–H groups in total. The summed E-state index contributed by atoms with van der Waals surface area (Å²) < 4.78 is 17.0. The zero-order valence-electron chi connectivity index (χ0n) is 12.5. The second kappa shape index (κ2) is 13.2. The van der Waals surface area contributed by atoms with Crippen LogP contribution in [0.4, 0.5) is 0 Å². The molecule has 0 amide bonds. The Bertz CT molecular complexity index is 181. The molecule has 0 aliphatic carbocycles. The fourth-order valence-electron chi connectivity index (χ4n) is 1.32. The summed E-state index contributed by atoms with van der Waals surface area (Å²) in [6, 6.07) is 0.818. The van der Waals surface area contributed by atoms with Crippen LogP contribution in [-0.4, -0.2) is 41.0 Å². The molecule has 0 atom stereocenters. The van der Waals surface area contributed by atoms with Crippen LogP contribution in [0.5, 0.6) is 0 Å². The number of rotatable bonds is 9. The molecule has 0 rings (SSSR count). The summed E-state index contributed by atoms with van der Waals surface area (Å²) >= 11 is 0. The lowest BCUT2D eigenvalue weighted by Crippen LogP contribution is -2.46. The van der Waals surface area contributed by atoms with Gasteiger partial charge in [-0.1, -0.05) is 0 Å². The highest BCUT2D eigenvalue weighted by atomic mass is 28.4. The van der Waals surface area contributed by atoms with Gasteiger partial charge in [0.25, 0.3) is 0 Å². The zero-order valence-corrected chi connectivity index (χ0v) is 13.5. The SMILES string of the molecule is CC(C)=O.CCO[Si](CCCN)(OCC)OCC. The van der Waals surface area contributed by atoms with Crippen molar-refractivity contribution >= 4 is 14.6 Å². The van der Waals surface area contributed by atoms with Crippen molar-refractivity contribution in [2.45, 2.75) is 47.1 Å². The van der Waals surface area contributed by atoms with Crippen molar-refractivity contribution in [2.75, 3.05) is 26.4 Å². The molecule has 0 aliphatic heterocycles. The van der Waals surface area contributed by atoms with Gasteiger partial charge in [-0.15, -0.1) is 0 Å². The molecule has 0 heterocycles. The van der Waals surface area contributed by atoms with Gasteiger partial charge in [-0.3, -0.25) is 0 Å². The molecule has 0 unspecified atom stereocenters. The minimum Gasteiger partial charge on any atom is -0.374 e. The second-order valence-electron chi connectivity index (χ2n) is 3.78. The van der Waals surface area contributed by atoms with Gasteiger partial charge >= 0.3 is 8.80 Å². The van der Waals surface area contributed by atoms with E-state index in [1.54, 1.807) is 0 Å². The highest BCUT2D eigenvalue weighted by Gasteiger charge is 2.39. The van der Waals surface area contributed by atoms with E-state index in [-0.39, 0.29) is 5.78 Å². The average molecular weight is 279 g/mol. The van der Waals surface area contributed by atoms with Gasteiger partial charge in [0.15, 0.2) is 0 Å². The summed E-state index contributed by atoms with van der Waals surface area (Å²) in [5.41, 5.74) is 5.48. The summed E-state index contributed by atoms with van der Waals surface area (Å²) in [4.78, 5) is 9.44. The second-order valence-corrected chi connectivity index (χ2v) is 6.51. The van der Waals surface area contributed by atoms with Gasteiger partial charge in [-0.2, -0.15) is 0 Å². The van der Waals surface area contributed by atoms with E-state index in [0.717, 1.165) is 12.5 Å². The van der Waals surface area contributed by atoms with Gasteiger partial charge in [-0.05, 0) is 47.6 Å². The van der Waals surface area contributed by atoms with Crippen LogP contribution in [0.1, 0.15) is 41.0 Å². The van der Waals surface area contributed by atoms with Gasteiger partial charge in [0.1, 0.15) is 5.78 Å². The van der Waals surface area contributed by atoms with E-state index in [9.17, 15) is 4.79 Å². The summed E-state index contributed by atoms with van der Waals surface area (Å²) in [5, 5.41) is 0. The topological polar surface area (TPSA) is 70.8 Å². The molecule has 5 nitrogen and oxygen atoms in total. The molecule has 0 spiro atoms. The van der Waals surface area contributed by atoms with Crippen LogP contribution < -0.4 is 5.73 Å². The lowest BCUT2D eigenvalue weighted by molar-refractivity contribution is -0.114. The fourth-order valence-corrected chi connectivity index (χ4v) is 3.96. The summed E-state index contributed by atoms with van der Waals surface area (Å²) in [7, 11) is -2.40. The van der Waals surface area contributed by atoms with Crippen molar-refractivity contribution in [3.8, 4) is 0 Å². The monoisotopic (exact) mass is 279 g/mol. The third kappa shape index (κ3) is 12.2. The highest BCUT2D eigenvalue weighted by molar-refractivity contribution is 6.60. The molecule has 0 aliphatic rings. The Morgan fingerprint density at radius 3 is 1.56 bits per heavy atom. The van der Waals surface area contributed by atoms with Gasteiger partial charge in [0, 0.05) is 25.9 Å². The Morgan fingerprint density at radius 2 is 1.33 bits per heavy atom. The van der Waals surface area contributed by atoms with E-state index in [1.807, 2.05) is 20.8 Å². The van der Waals surface area contributed by atoms with Crippen LogP contribution in [0.2, 0.25) is 6.04 Å². The number of hydrogen-bond acceptors (Lipinski definition) is 5. The number of hydrogen-bond donors (Lipinski definition) is 1. The van der Waals surface area contributed by atoms with Gasteiger partial charge in [0.05, 0.1) is 0 Å².